The monoisotopic (exact) mass is 283 g/mol. The average molecular weight is 283 g/mol. The maximum Gasteiger partial charge on any atom is 0.238 e. The fourth-order valence-electron chi connectivity index (χ4n) is 1.81. The molecule has 1 aromatic carbocycles. The SMILES string of the molecule is CC(=O)c1ccc(NC(=O)CNCc2ccncc2)cc1. The third kappa shape index (κ3) is 4.81. The number of nitrogens with zero attached hydrogens (tertiary/aromatic N) is 1. The number of pyridine rings is 1. The smallest absolute Gasteiger partial charge is 0.238 e. The first-order valence-electron chi connectivity index (χ1n) is 6.65. The summed E-state index contributed by atoms with van der Waals surface area (Å²) in [6, 6.07) is 10.6. The van der Waals surface area contributed by atoms with Crippen molar-refractivity contribution in [2.75, 3.05) is 11.9 Å². The Morgan fingerprint density at radius 3 is 2.33 bits per heavy atom. The highest BCUT2D eigenvalue weighted by atomic mass is 16.2. The van der Waals surface area contributed by atoms with Crippen LogP contribution in [-0.4, -0.2) is 23.2 Å². The zero-order valence-electron chi connectivity index (χ0n) is 11.8. The molecule has 2 aromatic rings. The zero-order chi connectivity index (χ0) is 15.1. The molecule has 21 heavy (non-hydrogen) atoms. The van der Waals surface area contributed by atoms with Gasteiger partial charge in [0, 0.05) is 30.2 Å². The largest absolute Gasteiger partial charge is 0.325 e. The second-order valence-electron chi connectivity index (χ2n) is 4.64. The lowest BCUT2D eigenvalue weighted by Crippen LogP contribution is -2.27. The van der Waals surface area contributed by atoms with E-state index in [1.807, 2.05) is 12.1 Å². The van der Waals surface area contributed by atoms with Crippen molar-refractivity contribution in [3.8, 4) is 0 Å². The van der Waals surface area contributed by atoms with Crippen LogP contribution in [0, 0.1) is 0 Å². The van der Waals surface area contributed by atoms with Crippen molar-refractivity contribution in [3.05, 3.63) is 59.9 Å². The lowest BCUT2D eigenvalue weighted by molar-refractivity contribution is -0.115. The number of carbonyl (C=O) groups excluding carboxylic acids is 2. The number of carbonyl (C=O) groups is 2. The number of hydrogen-bond acceptors (Lipinski definition) is 4. The molecule has 0 bridgehead atoms. The Bertz CT molecular complexity index is 609. The van der Waals surface area contributed by atoms with E-state index in [2.05, 4.69) is 15.6 Å². The minimum absolute atomic E-state index is 0.00638. The van der Waals surface area contributed by atoms with E-state index in [1.54, 1.807) is 36.7 Å². The molecule has 0 spiro atoms. The number of hydrogen-bond donors (Lipinski definition) is 2. The fourth-order valence-corrected chi connectivity index (χ4v) is 1.81. The Labute approximate surface area is 123 Å². The van der Waals surface area contributed by atoms with Gasteiger partial charge in [-0.05, 0) is 48.9 Å². The van der Waals surface area contributed by atoms with Crippen LogP contribution < -0.4 is 10.6 Å². The molecule has 0 saturated heterocycles. The normalized spacial score (nSPS) is 10.1. The molecule has 0 atom stereocenters. The highest BCUT2D eigenvalue weighted by molar-refractivity contribution is 5.96. The maximum atomic E-state index is 11.8. The van der Waals surface area contributed by atoms with Gasteiger partial charge in [-0.3, -0.25) is 14.6 Å². The summed E-state index contributed by atoms with van der Waals surface area (Å²) in [5.41, 5.74) is 2.38. The number of ketones is 1. The summed E-state index contributed by atoms with van der Waals surface area (Å²) < 4.78 is 0. The highest BCUT2D eigenvalue weighted by Crippen LogP contribution is 2.09. The van der Waals surface area contributed by atoms with Gasteiger partial charge in [0.1, 0.15) is 0 Å². The third-order valence-electron chi connectivity index (χ3n) is 2.94. The number of aromatic nitrogens is 1. The van der Waals surface area contributed by atoms with Crippen LogP contribution in [0.5, 0.6) is 0 Å². The summed E-state index contributed by atoms with van der Waals surface area (Å²) in [4.78, 5) is 26.9. The molecule has 0 aliphatic rings. The summed E-state index contributed by atoms with van der Waals surface area (Å²) in [7, 11) is 0. The van der Waals surface area contributed by atoms with Crippen LogP contribution in [0.3, 0.4) is 0 Å². The maximum absolute atomic E-state index is 11.8. The van der Waals surface area contributed by atoms with E-state index >= 15 is 0 Å². The van der Waals surface area contributed by atoms with Gasteiger partial charge in [0.05, 0.1) is 6.54 Å². The molecule has 0 aliphatic carbocycles. The Balaban J connectivity index is 1.78. The Morgan fingerprint density at radius 2 is 1.71 bits per heavy atom. The molecule has 1 heterocycles. The third-order valence-corrected chi connectivity index (χ3v) is 2.94. The summed E-state index contributed by atoms with van der Waals surface area (Å²) >= 11 is 0. The van der Waals surface area contributed by atoms with Gasteiger partial charge in [-0.1, -0.05) is 0 Å². The van der Waals surface area contributed by atoms with Gasteiger partial charge in [0.2, 0.25) is 5.91 Å². The first-order chi connectivity index (χ1) is 10.1. The zero-order valence-corrected chi connectivity index (χ0v) is 11.8. The van der Waals surface area contributed by atoms with Gasteiger partial charge >= 0.3 is 0 Å². The van der Waals surface area contributed by atoms with Crippen LogP contribution in [0.2, 0.25) is 0 Å². The minimum atomic E-state index is -0.125. The molecule has 2 rings (SSSR count). The van der Waals surface area contributed by atoms with Crippen molar-refractivity contribution in [3.63, 3.8) is 0 Å². The molecule has 5 heteroatoms. The second-order valence-corrected chi connectivity index (χ2v) is 4.64. The Kier molecular flexibility index (Phi) is 5.17. The molecule has 0 unspecified atom stereocenters. The number of amides is 1. The van der Waals surface area contributed by atoms with Gasteiger partial charge in [-0.2, -0.15) is 0 Å². The van der Waals surface area contributed by atoms with Crippen LogP contribution in [0.25, 0.3) is 0 Å². The first-order valence-corrected chi connectivity index (χ1v) is 6.65. The molecule has 5 nitrogen and oxygen atoms in total. The van der Waals surface area contributed by atoms with Gasteiger partial charge in [0.25, 0.3) is 0 Å². The van der Waals surface area contributed by atoms with Gasteiger partial charge < -0.3 is 10.6 Å². The number of anilines is 1. The topological polar surface area (TPSA) is 71.1 Å². The van der Waals surface area contributed by atoms with Crippen LogP contribution in [0.4, 0.5) is 5.69 Å². The highest BCUT2D eigenvalue weighted by Gasteiger charge is 2.03. The molecule has 0 saturated carbocycles. The molecule has 0 aliphatic heterocycles. The lowest BCUT2D eigenvalue weighted by Gasteiger charge is -2.07. The van der Waals surface area contributed by atoms with E-state index in [0.29, 0.717) is 17.8 Å². The van der Waals surface area contributed by atoms with Crippen molar-refractivity contribution in [1.29, 1.82) is 0 Å². The van der Waals surface area contributed by atoms with Gasteiger partial charge in [-0.25, -0.2) is 0 Å². The van der Waals surface area contributed by atoms with Crippen molar-refractivity contribution >= 4 is 17.4 Å². The number of Topliss-reactive ketones (excluding diaryl/α,β-unsaturated/α-hetero) is 1. The van der Waals surface area contributed by atoms with Crippen LogP contribution in [-0.2, 0) is 11.3 Å². The van der Waals surface area contributed by atoms with Crippen molar-refractivity contribution < 1.29 is 9.59 Å². The summed E-state index contributed by atoms with van der Waals surface area (Å²) in [5, 5.41) is 5.83. The first kappa shape index (κ1) is 14.9. The van der Waals surface area contributed by atoms with Crippen molar-refractivity contribution in [2.24, 2.45) is 0 Å². The van der Waals surface area contributed by atoms with Crippen LogP contribution >= 0.6 is 0 Å². The van der Waals surface area contributed by atoms with Gasteiger partial charge in [-0.15, -0.1) is 0 Å². The van der Waals surface area contributed by atoms with Gasteiger partial charge in [0.15, 0.2) is 5.78 Å². The predicted molar refractivity (Wildman–Crippen MR) is 81.0 cm³/mol. The minimum Gasteiger partial charge on any atom is -0.325 e. The summed E-state index contributed by atoms with van der Waals surface area (Å²) in [6.45, 7) is 2.34. The number of rotatable bonds is 6. The van der Waals surface area contributed by atoms with E-state index in [0.717, 1.165) is 5.56 Å². The quantitative estimate of drug-likeness (QED) is 0.796. The molecule has 0 radical (unpaired) electrons. The lowest BCUT2D eigenvalue weighted by atomic mass is 10.1. The molecule has 1 aromatic heterocycles. The van der Waals surface area contributed by atoms with Crippen molar-refractivity contribution in [2.45, 2.75) is 13.5 Å². The van der Waals surface area contributed by atoms with Crippen LogP contribution in [0.15, 0.2) is 48.8 Å². The molecule has 108 valence electrons. The molecule has 0 fully saturated rings. The molecular weight excluding hydrogens is 266 g/mol. The summed E-state index contributed by atoms with van der Waals surface area (Å²) in [5.74, 6) is -0.119. The van der Waals surface area contributed by atoms with E-state index in [1.165, 1.54) is 6.92 Å². The number of nitrogens with one attached hydrogen (secondary N) is 2. The molecular formula is C16H17N3O2. The number of benzene rings is 1. The second kappa shape index (κ2) is 7.31. The van der Waals surface area contributed by atoms with E-state index in [-0.39, 0.29) is 18.2 Å². The standard InChI is InChI=1S/C16H17N3O2/c1-12(20)14-2-4-15(5-3-14)19-16(21)11-18-10-13-6-8-17-9-7-13/h2-9,18H,10-11H2,1H3,(H,19,21). The van der Waals surface area contributed by atoms with E-state index in [4.69, 9.17) is 0 Å². The van der Waals surface area contributed by atoms with Crippen molar-refractivity contribution in [1.82, 2.24) is 10.3 Å². The Hall–Kier alpha value is -2.53. The van der Waals surface area contributed by atoms with Crippen LogP contribution in [0.1, 0.15) is 22.8 Å². The summed E-state index contributed by atoms with van der Waals surface area (Å²) in [6.07, 6.45) is 3.43. The van der Waals surface area contributed by atoms with E-state index < -0.39 is 0 Å². The molecule has 2 N–H and O–H groups in total. The predicted octanol–water partition coefficient (Wildman–Crippen LogP) is 2.01. The molecule has 1 amide bonds. The fraction of sp³-hybridized carbons (Fsp3) is 0.188. The average Bonchev–Trinajstić information content (AvgIpc) is 2.49. The Morgan fingerprint density at radius 1 is 1.05 bits per heavy atom. The van der Waals surface area contributed by atoms with E-state index in [9.17, 15) is 9.59 Å².